The Hall–Kier alpha value is -0.950. The summed E-state index contributed by atoms with van der Waals surface area (Å²) in [6, 6.07) is 0. The van der Waals surface area contributed by atoms with E-state index in [1.165, 1.54) is 16.5 Å². The van der Waals surface area contributed by atoms with E-state index in [4.69, 9.17) is 4.74 Å². The minimum Gasteiger partial charge on any atom is -0.364 e. The van der Waals surface area contributed by atoms with E-state index in [2.05, 4.69) is 33.7 Å². The number of hydrogen-bond donors (Lipinski definition) is 0. The van der Waals surface area contributed by atoms with Crippen LogP contribution in [0.15, 0.2) is 40.0 Å². The van der Waals surface area contributed by atoms with E-state index >= 15 is 0 Å². The Morgan fingerprint density at radius 2 is 2.53 bits per heavy atom. The van der Waals surface area contributed by atoms with Gasteiger partial charge < -0.3 is 4.74 Å². The Morgan fingerprint density at radius 3 is 3.18 bits per heavy atom. The summed E-state index contributed by atoms with van der Waals surface area (Å²) >= 11 is 2.20. The van der Waals surface area contributed by atoms with Crippen LogP contribution in [0.4, 0.5) is 0 Å². The van der Waals surface area contributed by atoms with Crippen molar-refractivity contribution >= 4 is 28.5 Å². The average molecular weight is 344 g/mol. The fraction of sp³-hybridized carbons (Fsp3) is 0.333. The largest absolute Gasteiger partial charge is 0.364 e. The monoisotopic (exact) mass is 344 g/mol. The Kier molecular flexibility index (Phi) is 4.11. The van der Waals surface area contributed by atoms with Gasteiger partial charge in [0.25, 0.3) is 5.91 Å². The molecule has 5 heteroatoms. The number of halogens is 1. The molecule has 0 bridgehead atoms. The van der Waals surface area contributed by atoms with Crippen LogP contribution in [-0.4, -0.2) is 28.2 Å². The molecule has 0 saturated carbocycles. The molecule has 1 fully saturated rings. The molecular weight excluding hydrogens is 331 g/mol. The van der Waals surface area contributed by atoms with Gasteiger partial charge in [0.2, 0.25) is 0 Å². The SMILES string of the molecule is CC(=C/I)/C=C1\CO[C@@H](C(=O)n2ccnc2)C1. The number of allylic oxidation sites excluding steroid dienone is 2. The lowest BCUT2D eigenvalue weighted by Gasteiger charge is -2.06. The first kappa shape index (κ1) is 12.5. The zero-order chi connectivity index (χ0) is 12.3. The van der Waals surface area contributed by atoms with Crippen molar-refractivity contribution in [2.75, 3.05) is 6.61 Å². The fourth-order valence-corrected chi connectivity index (χ4v) is 1.91. The lowest BCUT2D eigenvalue weighted by Crippen LogP contribution is -2.24. The van der Waals surface area contributed by atoms with Crippen LogP contribution in [0.5, 0.6) is 0 Å². The minimum absolute atomic E-state index is 0.0537. The van der Waals surface area contributed by atoms with E-state index < -0.39 is 0 Å². The Morgan fingerprint density at radius 1 is 1.71 bits per heavy atom. The van der Waals surface area contributed by atoms with Crippen molar-refractivity contribution in [1.29, 1.82) is 0 Å². The van der Waals surface area contributed by atoms with Gasteiger partial charge in [-0.3, -0.25) is 9.36 Å². The summed E-state index contributed by atoms with van der Waals surface area (Å²) in [4.78, 5) is 15.8. The number of ether oxygens (including phenoxy) is 1. The van der Waals surface area contributed by atoms with Crippen LogP contribution in [0, 0.1) is 0 Å². The maximum absolute atomic E-state index is 12.0. The topological polar surface area (TPSA) is 44.1 Å². The van der Waals surface area contributed by atoms with Crippen molar-refractivity contribution in [3.63, 3.8) is 0 Å². The predicted molar refractivity (Wildman–Crippen MR) is 73.1 cm³/mol. The van der Waals surface area contributed by atoms with Gasteiger partial charge in [-0.05, 0) is 22.2 Å². The van der Waals surface area contributed by atoms with Crippen LogP contribution in [0.25, 0.3) is 0 Å². The molecule has 0 aromatic carbocycles. The predicted octanol–water partition coefficient (Wildman–Crippen LogP) is 2.58. The smallest absolute Gasteiger partial charge is 0.261 e. The van der Waals surface area contributed by atoms with Crippen molar-refractivity contribution in [3.8, 4) is 0 Å². The van der Waals surface area contributed by atoms with Gasteiger partial charge in [-0.15, -0.1) is 0 Å². The van der Waals surface area contributed by atoms with E-state index in [1.54, 1.807) is 12.4 Å². The van der Waals surface area contributed by atoms with Gasteiger partial charge in [-0.2, -0.15) is 0 Å². The third-order valence-corrected chi connectivity index (χ3v) is 3.54. The molecule has 90 valence electrons. The van der Waals surface area contributed by atoms with Crippen LogP contribution < -0.4 is 0 Å². The van der Waals surface area contributed by atoms with E-state index in [0.717, 1.165) is 5.57 Å². The van der Waals surface area contributed by atoms with Crippen molar-refractivity contribution in [1.82, 2.24) is 9.55 Å². The van der Waals surface area contributed by atoms with Crippen LogP contribution in [0.3, 0.4) is 0 Å². The second-order valence-corrected chi connectivity index (χ2v) is 4.59. The van der Waals surface area contributed by atoms with Gasteiger partial charge in [0.15, 0.2) is 0 Å². The molecule has 2 rings (SSSR count). The highest BCUT2D eigenvalue weighted by Crippen LogP contribution is 2.21. The molecule has 0 amide bonds. The summed E-state index contributed by atoms with van der Waals surface area (Å²) in [6.45, 7) is 2.57. The molecule has 1 saturated heterocycles. The summed E-state index contributed by atoms with van der Waals surface area (Å²) < 4.78 is 8.98. The zero-order valence-electron chi connectivity index (χ0n) is 9.47. The molecule has 4 nitrogen and oxygen atoms in total. The van der Waals surface area contributed by atoms with Gasteiger partial charge in [0, 0.05) is 18.8 Å². The van der Waals surface area contributed by atoms with Crippen molar-refractivity contribution in [2.24, 2.45) is 0 Å². The summed E-state index contributed by atoms with van der Waals surface area (Å²) in [7, 11) is 0. The number of nitrogens with zero attached hydrogens (tertiary/aromatic N) is 2. The summed E-state index contributed by atoms with van der Waals surface area (Å²) in [5.41, 5.74) is 2.34. The lowest BCUT2D eigenvalue weighted by atomic mass is 10.1. The van der Waals surface area contributed by atoms with Gasteiger partial charge in [-0.1, -0.05) is 28.7 Å². The van der Waals surface area contributed by atoms with Crippen LogP contribution in [0.2, 0.25) is 0 Å². The zero-order valence-corrected chi connectivity index (χ0v) is 11.6. The number of hydrogen-bond acceptors (Lipinski definition) is 3. The molecule has 0 spiro atoms. The Labute approximate surface area is 114 Å². The van der Waals surface area contributed by atoms with E-state index in [0.29, 0.717) is 13.0 Å². The molecule has 0 radical (unpaired) electrons. The van der Waals surface area contributed by atoms with Gasteiger partial charge >= 0.3 is 0 Å². The lowest BCUT2D eigenvalue weighted by molar-refractivity contribution is 0.0558. The van der Waals surface area contributed by atoms with E-state index in [1.807, 2.05) is 11.0 Å². The maximum Gasteiger partial charge on any atom is 0.261 e. The first-order valence-corrected chi connectivity index (χ1v) is 6.55. The molecule has 1 aromatic heterocycles. The first-order chi connectivity index (χ1) is 8.20. The fourth-order valence-electron chi connectivity index (χ4n) is 1.73. The Bertz CT molecular complexity index is 463. The van der Waals surface area contributed by atoms with Crippen LogP contribution in [-0.2, 0) is 4.74 Å². The summed E-state index contributed by atoms with van der Waals surface area (Å²) in [6.07, 6.45) is 7.10. The van der Waals surface area contributed by atoms with E-state index in [9.17, 15) is 4.79 Å². The molecule has 0 aliphatic carbocycles. The molecule has 1 aliphatic heterocycles. The quantitative estimate of drug-likeness (QED) is 0.775. The molecular formula is C12H13IN2O2. The van der Waals surface area contributed by atoms with Gasteiger partial charge in [0.1, 0.15) is 12.4 Å². The molecule has 1 aromatic rings. The normalized spacial score (nSPS) is 23.3. The number of carbonyl (C=O) groups is 1. The number of aromatic nitrogens is 2. The van der Waals surface area contributed by atoms with Gasteiger partial charge in [-0.25, -0.2) is 4.98 Å². The third kappa shape index (κ3) is 3.04. The minimum atomic E-state index is -0.377. The highest BCUT2D eigenvalue weighted by Gasteiger charge is 2.27. The maximum atomic E-state index is 12.0. The van der Waals surface area contributed by atoms with Crippen molar-refractivity contribution in [3.05, 3.63) is 40.0 Å². The molecule has 0 N–H and O–H groups in total. The molecule has 0 unspecified atom stereocenters. The standard InChI is InChI=1S/C12H13IN2O2/c1-9(6-13)4-10-5-11(17-7-10)12(16)15-3-2-14-8-15/h2-4,6,8,11H,5,7H2,1H3/b9-6-,10-4-/t11-/m1/s1. The highest BCUT2D eigenvalue weighted by atomic mass is 127. The third-order valence-electron chi connectivity index (χ3n) is 2.56. The number of imidazole rings is 1. The van der Waals surface area contributed by atoms with Crippen LogP contribution in [0.1, 0.15) is 18.1 Å². The number of carbonyl (C=O) groups excluding carboxylic acids is 1. The summed E-state index contributed by atoms with van der Waals surface area (Å²) in [5.74, 6) is -0.0537. The average Bonchev–Trinajstić information content (AvgIpc) is 2.98. The molecule has 17 heavy (non-hydrogen) atoms. The Balaban J connectivity index is 2.03. The van der Waals surface area contributed by atoms with E-state index in [-0.39, 0.29) is 12.0 Å². The van der Waals surface area contributed by atoms with Crippen molar-refractivity contribution < 1.29 is 9.53 Å². The molecule has 2 heterocycles. The van der Waals surface area contributed by atoms with Crippen molar-refractivity contribution in [2.45, 2.75) is 19.4 Å². The van der Waals surface area contributed by atoms with Gasteiger partial charge in [0.05, 0.1) is 6.61 Å². The molecule has 1 atom stereocenters. The first-order valence-electron chi connectivity index (χ1n) is 5.31. The summed E-state index contributed by atoms with van der Waals surface area (Å²) in [5, 5.41) is 0. The molecule has 1 aliphatic rings. The number of rotatable bonds is 2. The van der Waals surface area contributed by atoms with Crippen LogP contribution >= 0.6 is 22.6 Å². The second-order valence-electron chi connectivity index (χ2n) is 3.97. The second kappa shape index (κ2) is 5.59. The highest BCUT2D eigenvalue weighted by molar-refractivity contribution is 14.1.